The highest BCUT2D eigenvalue weighted by molar-refractivity contribution is 7.82. The third kappa shape index (κ3) is 5.16. The van der Waals surface area contributed by atoms with E-state index in [0.29, 0.717) is 34.3 Å². The fourth-order valence-electron chi connectivity index (χ4n) is 5.25. The van der Waals surface area contributed by atoms with Gasteiger partial charge in [0, 0.05) is 61.9 Å². The molecule has 11 nitrogen and oxygen atoms in total. The number of amides is 1. The van der Waals surface area contributed by atoms with E-state index >= 15 is 0 Å². The van der Waals surface area contributed by atoms with Crippen molar-refractivity contribution in [3.05, 3.63) is 47.7 Å². The van der Waals surface area contributed by atoms with Crippen LogP contribution >= 0.6 is 0 Å². The monoisotopic (exact) mass is 535 g/mol. The predicted octanol–water partition coefficient (Wildman–Crippen LogP) is 2.28. The summed E-state index contributed by atoms with van der Waals surface area (Å²) in [5.41, 5.74) is 4.36. The summed E-state index contributed by atoms with van der Waals surface area (Å²) in [7, 11) is 0.678. The number of rotatable bonds is 8. The average molecular weight is 536 g/mol. The molecule has 1 atom stereocenters. The second-order valence-corrected chi connectivity index (χ2v) is 11.5. The van der Waals surface area contributed by atoms with E-state index in [4.69, 9.17) is 0 Å². The van der Waals surface area contributed by atoms with E-state index in [1.807, 2.05) is 42.9 Å². The zero-order chi connectivity index (χ0) is 26.4. The summed E-state index contributed by atoms with van der Waals surface area (Å²) >= 11 is 0. The van der Waals surface area contributed by atoms with Crippen LogP contribution < -0.4 is 20.3 Å². The van der Waals surface area contributed by atoms with Crippen LogP contribution in [-0.4, -0.2) is 65.7 Å². The standard InChI is InChI=1S/C26H33N9O2S/c1-16-13-35-15-23(30-21(25(35)28-16)12-27-38(3)37)31-26(36)19-6-7-22(20-14-33(2)32-24(19)20)34-10-8-18(9-11-34)29-17-4-5-17/h6-7,13-15,17-18,27,29H,4-5,8-12H2,1-3H3,(H,31,36). The zero-order valence-electron chi connectivity index (χ0n) is 21.9. The molecule has 1 aromatic carbocycles. The Morgan fingerprint density at radius 3 is 2.58 bits per heavy atom. The van der Waals surface area contributed by atoms with Crippen LogP contribution in [0.25, 0.3) is 16.6 Å². The van der Waals surface area contributed by atoms with E-state index in [-0.39, 0.29) is 12.5 Å². The van der Waals surface area contributed by atoms with Crippen LogP contribution in [0.4, 0.5) is 11.5 Å². The third-order valence-electron chi connectivity index (χ3n) is 7.21. The number of hydrogen-bond donors (Lipinski definition) is 3. The van der Waals surface area contributed by atoms with Crippen LogP contribution in [0.5, 0.6) is 0 Å². The molecule has 6 rings (SSSR count). The quantitative estimate of drug-likeness (QED) is 0.317. The molecule has 1 aliphatic carbocycles. The van der Waals surface area contributed by atoms with Gasteiger partial charge < -0.3 is 19.9 Å². The number of benzene rings is 1. The van der Waals surface area contributed by atoms with Gasteiger partial charge in [-0.2, -0.15) is 5.10 Å². The van der Waals surface area contributed by atoms with Gasteiger partial charge in [-0.05, 0) is 44.7 Å². The Hall–Kier alpha value is -3.35. The van der Waals surface area contributed by atoms with Gasteiger partial charge in [0.15, 0.2) is 5.65 Å². The molecule has 12 heteroatoms. The maximum absolute atomic E-state index is 13.5. The third-order valence-corrected chi connectivity index (χ3v) is 7.76. The molecule has 2 fully saturated rings. The van der Waals surface area contributed by atoms with E-state index in [9.17, 15) is 9.00 Å². The second-order valence-electron chi connectivity index (χ2n) is 10.3. The van der Waals surface area contributed by atoms with E-state index in [1.165, 1.54) is 12.8 Å². The fourth-order valence-corrected chi connectivity index (χ4v) is 5.59. The number of carbonyl (C=O) groups is 1. The molecule has 1 aliphatic heterocycles. The van der Waals surface area contributed by atoms with Crippen LogP contribution in [0, 0.1) is 6.92 Å². The minimum atomic E-state index is -1.20. The number of imidazole rings is 1. The first-order valence-corrected chi connectivity index (χ1v) is 14.6. The minimum Gasteiger partial charge on any atom is -0.371 e. The number of piperidine rings is 1. The van der Waals surface area contributed by atoms with Gasteiger partial charge in [0.25, 0.3) is 5.91 Å². The van der Waals surface area contributed by atoms with Gasteiger partial charge in [-0.1, -0.05) is 0 Å². The summed E-state index contributed by atoms with van der Waals surface area (Å²) < 4.78 is 18.1. The number of carbonyl (C=O) groups excluding carboxylic acids is 1. The highest BCUT2D eigenvalue weighted by atomic mass is 32.2. The summed E-state index contributed by atoms with van der Waals surface area (Å²) in [6.45, 7) is 4.12. The zero-order valence-corrected chi connectivity index (χ0v) is 22.7. The van der Waals surface area contributed by atoms with E-state index in [0.717, 1.165) is 48.7 Å². The molecule has 2 aliphatic rings. The lowest BCUT2D eigenvalue weighted by atomic mass is 10.0. The number of anilines is 2. The molecule has 1 amide bonds. The normalized spacial score (nSPS) is 17.4. The molecule has 0 bridgehead atoms. The van der Waals surface area contributed by atoms with Crippen LogP contribution in [0.3, 0.4) is 0 Å². The van der Waals surface area contributed by atoms with Crippen LogP contribution in [0.1, 0.15) is 47.4 Å². The Kier molecular flexibility index (Phi) is 6.62. The predicted molar refractivity (Wildman–Crippen MR) is 149 cm³/mol. The number of fused-ring (bicyclic) bond motifs is 2. The molecule has 4 aromatic rings. The van der Waals surface area contributed by atoms with Crippen LogP contribution in [0.2, 0.25) is 0 Å². The summed E-state index contributed by atoms with van der Waals surface area (Å²) in [6, 6.07) is 5.21. The first-order chi connectivity index (χ1) is 18.3. The molecule has 4 heterocycles. The van der Waals surface area contributed by atoms with Gasteiger partial charge in [0.1, 0.15) is 17.0 Å². The smallest absolute Gasteiger partial charge is 0.259 e. The molecule has 0 spiro atoms. The van der Waals surface area contributed by atoms with E-state index in [1.54, 1.807) is 17.1 Å². The van der Waals surface area contributed by atoms with Crippen molar-refractivity contribution in [2.24, 2.45) is 7.05 Å². The van der Waals surface area contributed by atoms with Crippen molar-refractivity contribution in [1.82, 2.24) is 34.2 Å². The lowest BCUT2D eigenvalue weighted by Gasteiger charge is -2.34. The molecule has 38 heavy (non-hydrogen) atoms. The van der Waals surface area contributed by atoms with Crippen molar-refractivity contribution in [3.63, 3.8) is 0 Å². The fraction of sp³-hybridized carbons (Fsp3) is 0.462. The topological polar surface area (TPSA) is 121 Å². The Labute approximate surface area is 223 Å². The molecule has 1 unspecified atom stereocenters. The lowest BCUT2D eigenvalue weighted by Crippen LogP contribution is -2.43. The van der Waals surface area contributed by atoms with Gasteiger partial charge >= 0.3 is 0 Å². The van der Waals surface area contributed by atoms with Gasteiger partial charge in [0.2, 0.25) is 0 Å². The van der Waals surface area contributed by atoms with E-state index in [2.05, 4.69) is 35.3 Å². The summed E-state index contributed by atoms with van der Waals surface area (Å²) in [5, 5.41) is 12.3. The largest absolute Gasteiger partial charge is 0.371 e. The SMILES string of the molecule is Cc1cn2cc(NC(=O)c3ccc(N4CCC(NC5CC5)CC4)c4cn(C)nc34)nc(CNS(C)=O)c2n1. The number of nitrogens with zero attached hydrogens (tertiary/aromatic N) is 6. The molecule has 1 saturated heterocycles. The number of nitrogens with one attached hydrogen (secondary N) is 3. The summed E-state index contributed by atoms with van der Waals surface area (Å²) in [5.74, 6) is 0.103. The second kappa shape index (κ2) is 10.1. The highest BCUT2D eigenvalue weighted by Gasteiger charge is 2.28. The van der Waals surface area contributed by atoms with Crippen LogP contribution in [-0.2, 0) is 24.6 Å². The van der Waals surface area contributed by atoms with Crippen molar-refractivity contribution < 1.29 is 9.00 Å². The Bertz CT molecular complexity index is 1530. The average Bonchev–Trinajstić information content (AvgIpc) is 3.48. The molecule has 0 radical (unpaired) electrons. The molecular weight excluding hydrogens is 502 g/mol. The molecule has 3 aromatic heterocycles. The number of hydrogen-bond acceptors (Lipinski definition) is 7. The van der Waals surface area contributed by atoms with Crippen LogP contribution in [0.15, 0.2) is 30.7 Å². The van der Waals surface area contributed by atoms with Crippen molar-refractivity contribution >= 4 is 44.9 Å². The minimum absolute atomic E-state index is 0.263. The lowest BCUT2D eigenvalue weighted by molar-refractivity contribution is 0.102. The maximum Gasteiger partial charge on any atom is 0.259 e. The van der Waals surface area contributed by atoms with Crippen molar-refractivity contribution in [2.75, 3.05) is 29.6 Å². The number of aromatic nitrogens is 5. The summed E-state index contributed by atoms with van der Waals surface area (Å²) in [4.78, 5) is 25.0. The Balaban J connectivity index is 1.25. The van der Waals surface area contributed by atoms with Crippen molar-refractivity contribution in [2.45, 2.75) is 51.2 Å². The first kappa shape index (κ1) is 25.0. The number of aryl methyl sites for hydroxylation is 2. The Morgan fingerprint density at radius 1 is 1.08 bits per heavy atom. The molecule has 3 N–H and O–H groups in total. The maximum atomic E-state index is 13.5. The van der Waals surface area contributed by atoms with Gasteiger partial charge in [0.05, 0.1) is 35.0 Å². The van der Waals surface area contributed by atoms with Gasteiger partial charge in [-0.3, -0.25) is 9.48 Å². The highest BCUT2D eigenvalue weighted by Crippen LogP contribution is 2.32. The molecule has 1 saturated carbocycles. The van der Waals surface area contributed by atoms with Gasteiger partial charge in [-0.25, -0.2) is 18.9 Å². The van der Waals surface area contributed by atoms with Gasteiger partial charge in [-0.15, -0.1) is 0 Å². The first-order valence-electron chi connectivity index (χ1n) is 13.0. The summed E-state index contributed by atoms with van der Waals surface area (Å²) in [6.07, 6.45) is 12.0. The van der Waals surface area contributed by atoms with Crippen molar-refractivity contribution in [3.8, 4) is 0 Å². The van der Waals surface area contributed by atoms with E-state index < -0.39 is 11.0 Å². The van der Waals surface area contributed by atoms with Crippen molar-refractivity contribution in [1.29, 1.82) is 0 Å². The Morgan fingerprint density at radius 2 is 1.84 bits per heavy atom. The molecular formula is C26H33N9O2S. The molecule has 200 valence electrons.